The highest BCUT2D eigenvalue weighted by Crippen LogP contribution is 2.34. The van der Waals surface area contributed by atoms with Crippen molar-refractivity contribution in [3.8, 4) is 0 Å². The maximum absolute atomic E-state index is 12.6. The number of nitrogens with one attached hydrogen (secondary N) is 1. The van der Waals surface area contributed by atoms with Gasteiger partial charge in [0.15, 0.2) is 5.69 Å². The zero-order valence-corrected chi connectivity index (χ0v) is 12.6. The van der Waals surface area contributed by atoms with Gasteiger partial charge in [0.2, 0.25) is 5.28 Å². The van der Waals surface area contributed by atoms with Crippen molar-refractivity contribution in [1.82, 2.24) is 9.97 Å². The SMILES string of the molecule is FC(F)(F)c1cc(Nc2cccc(Cl)c2Br)nc(Cl)n1. The molecule has 3 nitrogen and oxygen atoms in total. The lowest BCUT2D eigenvalue weighted by molar-refractivity contribution is -0.141. The monoisotopic (exact) mass is 385 g/mol. The zero-order chi connectivity index (χ0) is 14.9. The van der Waals surface area contributed by atoms with Crippen LogP contribution in [0.3, 0.4) is 0 Å². The van der Waals surface area contributed by atoms with Gasteiger partial charge in [0, 0.05) is 6.07 Å². The molecule has 0 saturated carbocycles. The first-order chi connectivity index (χ1) is 9.27. The fraction of sp³-hybridized carbons (Fsp3) is 0.0909. The lowest BCUT2D eigenvalue weighted by atomic mass is 10.3. The number of nitrogens with zero attached hydrogens (tertiary/aromatic N) is 2. The molecule has 0 saturated heterocycles. The Morgan fingerprint density at radius 2 is 1.85 bits per heavy atom. The molecular formula is C11H5BrCl2F3N3. The number of rotatable bonds is 2. The molecule has 2 rings (SSSR count). The number of alkyl halides is 3. The predicted molar refractivity (Wildman–Crippen MR) is 74.5 cm³/mol. The molecule has 0 bridgehead atoms. The minimum atomic E-state index is -4.60. The Kier molecular flexibility index (Phi) is 4.41. The summed E-state index contributed by atoms with van der Waals surface area (Å²) in [6.07, 6.45) is -4.60. The summed E-state index contributed by atoms with van der Waals surface area (Å²) in [6.45, 7) is 0. The van der Waals surface area contributed by atoms with Gasteiger partial charge in [-0.05, 0) is 39.7 Å². The smallest absolute Gasteiger partial charge is 0.339 e. The van der Waals surface area contributed by atoms with E-state index >= 15 is 0 Å². The van der Waals surface area contributed by atoms with E-state index in [2.05, 4.69) is 31.2 Å². The van der Waals surface area contributed by atoms with Crippen LogP contribution >= 0.6 is 39.1 Å². The fourth-order valence-electron chi connectivity index (χ4n) is 1.37. The number of hydrogen-bond acceptors (Lipinski definition) is 3. The van der Waals surface area contributed by atoms with E-state index < -0.39 is 17.2 Å². The van der Waals surface area contributed by atoms with Gasteiger partial charge >= 0.3 is 6.18 Å². The lowest BCUT2D eigenvalue weighted by Gasteiger charge is -2.11. The van der Waals surface area contributed by atoms with Crippen LogP contribution in [0.15, 0.2) is 28.7 Å². The molecule has 106 valence electrons. The van der Waals surface area contributed by atoms with Crippen molar-refractivity contribution in [2.75, 3.05) is 5.32 Å². The molecule has 0 aliphatic rings. The molecule has 0 aliphatic carbocycles. The van der Waals surface area contributed by atoms with E-state index in [1.54, 1.807) is 18.2 Å². The Morgan fingerprint density at radius 3 is 2.50 bits per heavy atom. The standard InChI is InChI=1S/C11H5BrCl2F3N3/c12-9-5(13)2-1-3-6(9)18-8-4-7(11(15,16)17)19-10(14)20-8/h1-4H,(H,18,19,20). The largest absolute Gasteiger partial charge is 0.433 e. The third-order valence-corrected chi connectivity index (χ3v) is 3.77. The summed E-state index contributed by atoms with van der Waals surface area (Å²) in [5, 5.41) is 2.61. The van der Waals surface area contributed by atoms with Crippen molar-refractivity contribution in [3.05, 3.63) is 44.7 Å². The van der Waals surface area contributed by atoms with Crippen LogP contribution in [0.4, 0.5) is 24.7 Å². The average Bonchev–Trinajstić information content (AvgIpc) is 2.33. The molecule has 1 aromatic carbocycles. The average molecular weight is 387 g/mol. The number of anilines is 2. The second kappa shape index (κ2) is 5.75. The number of halogens is 6. The van der Waals surface area contributed by atoms with E-state index in [1.165, 1.54) is 0 Å². The van der Waals surface area contributed by atoms with Crippen molar-refractivity contribution in [3.63, 3.8) is 0 Å². The van der Waals surface area contributed by atoms with Gasteiger partial charge in [-0.15, -0.1) is 0 Å². The molecule has 2 aromatic rings. The number of aromatic nitrogens is 2. The van der Waals surface area contributed by atoms with Gasteiger partial charge in [0.05, 0.1) is 15.2 Å². The second-order valence-corrected chi connectivity index (χ2v) is 5.17. The molecule has 20 heavy (non-hydrogen) atoms. The van der Waals surface area contributed by atoms with Crippen LogP contribution < -0.4 is 5.32 Å². The van der Waals surface area contributed by atoms with E-state index in [9.17, 15) is 13.2 Å². The second-order valence-electron chi connectivity index (χ2n) is 3.63. The van der Waals surface area contributed by atoms with Gasteiger partial charge in [-0.3, -0.25) is 0 Å². The highest BCUT2D eigenvalue weighted by molar-refractivity contribution is 9.10. The minimum Gasteiger partial charge on any atom is -0.339 e. The number of benzene rings is 1. The Labute approximate surface area is 130 Å². The van der Waals surface area contributed by atoms with Gasteiger partial charge in [-0.25, -0.2) is 9.97 Å². The molecule has 0 amide bonds. The summed E-state index contributed by atoms with van der Waals surface area (Å²) in [5.74, 6) is -0.0831. The zero-order valence-electron chi connectivity index (χ0n) is 9.47. The Morgan fingerprint density at radius 1 is 1.15 bits per heavy atom. The quantitative estimate of drug-likeness (QED) is 0.711. The lowest BCUT2D eigenvalue weighted by Crippen LogP contribution is -2.10. The molecule has 0 aliphatic heterocycles. The maximum atomic E-state index is 12.6. The first kappa shape index (κ1) is 15.3. The Hall–Kier alpha value is -1.05. The molecule has 0 radical (unpaired) electrons. The van der Waals surface area contributed by atoms with Crippen LogP contribution in [0, 0.1) is 0 Å². The molecule has 0 unspecified atom stereocenters. The Bertz CT molecular complexity index is 649. The molecule has 9 heteroatoms. The highest BCUT2D eigenvalue weighted by Gasteiger charge is 2.33. The van der Waals surface area contributed by atoms with Crippen LogP contribution in [0.2, 0.25) is 10.3 Å². The summed E-state index contributed by atoms with van der Waals surface area (Å²) in [7, 11) is 0. The van der Waals surface area contributed by atoms with Crippen LogP contribution in [-0.4, -0.2) is 9.97 Å². The third kappa shape index (κ3) is 3.53. The van der Waals surface area contributed by atoms with Gasteiger partial charge in [-0.2, -0.15) is 13.2 Å². The summed E-state index contributed by atoms with van der Waals surface area (Å²) in [5.41, 5.74) is -0.668. The maximum Gasteiger partial charge on any atom is 0.433 e. The number of hydrogen-bond donors (Lipinski definition) is 1. The molecule has 0 spiro atoms. The van der Waals surface area contributed by atoms with Crippen LogP contribution in [0.25, 0.3) is 0 Å². The highest BCUT2D eigenvalue weighted by atomic mass is 79.9. The molecule has 0 atom stereocenters. The summed E-state index contributed by atoms with van der Waals surface area (Å²) < 4.78 is 38.4. The van der Waals surface area contributed by atoms with Gasteiger partial charge in [-0.1, -0.05) is 17.7 Å². The van der Waals surface area contributed by atoms with Crippen molar-refractivity contribution in [2.45, 2.75) is 6.18 Å². The van der Waals surface area contributed by atoms with E-state index in [1.807, 2.05) is 0 Å². The van der Waals surface area contributed by atoms with Crippen molar-refractivity contribution in [2.24, 2.45) is 0 Å². The van der Waals surface area contributed by atoms with Crippen molar-refractivity contribution >= 4 is 50.6 Å². The molecule has 0 fully saturated rings. The van der Waals surface area contributed by atoms with E-state index in [0.717, 1.165) is 6.07 Å². The molecule has 1 N–H and O–H groups in total. The van der Waals surface area contributed by atoms with Crippen LogP contribution in [0.5, 0.6) is 0 Å². The topological polar surface area (TPSA) is 37.8 Å². The summed E-state index contributed by atoms with van der Waals surface area (Å²) >= 11 is 14.6. The van der Waals surface area contributed by atoms with E-state index in [-0.39, 0.29) is 5.82 Å². The first-order valence-corrected chi connectivity index (χ1v) is 6.65. The third-order valence-electron chi connectivity index (χ3n) is 2.20. The van der Waals surface area contributed by atoms with Gasteiger partial charge in [0.1, 0.15) is 5.82 Å². The summed E-state index contributed by atoms with van der Waals surface area (Å²) in [6, 6.07) is 5.66. The van der Waals surface area contributed by atoms with Gasteiger partial charge in [0.25, 0.3) is 0 Å². The molecule has 1 aromatic heterocycles. The molecule has 1 heterocycles. The van der Waals surface area contributed by atoms with Crippen molar-refractivity contribution in [1.29, 1.82) is 0 Å². The van der Waals surface area contributed by atoms with Crippen molar-refractivity contribution < 1.29 is 13.2 Å². The Balaban J connectivity index is 2.39. The minimum absolute atomic E-state index is 0.0831. The van der Waals surface area contributed by atoms with E-state index in [0.29, 0.717) is 15.2 Å². The summed E-state index contributed by atoms with van der Waals surface area (Å²) in [4.78, 5) is 6.83. The van der Waals surface area contributed by atoms with Gasteiger partial charge < -0.3 is 5.32 Å². The normalized spacial score (nSPS) is 11.5. The van der Waals surface area contributed by atoms with Crippen LogP contribution in [-0.2, 0) is 6.18 Å². The fourth-order valence-corrected chi connectivity index (χ4v) is 2.09. The van der Waals surface area contributed by atoms with Crippen LogP contribution in [0.1, 0.15) is 5.69 Å². The predicted octanol–water partition coefficient (Wildman–Crippen LogP) is 5.31. The first-order valence-electron chi connectivity index (χ1n) is 5.10. The molecular weight excluding hydrogens is 382 g/mol. The van der Waals surface area contributed by atoms with E-state index in [4.69, 9.17) is 23.2 Å².